The molecule has 7 heteroatoms. The lowest BCUT2D eigenvalue weighted by Gasteiger charge is -2.23. The van der Waals surface area contributed by atoms with Crippen molar-refractivity contribution in [2.75, 3.05) is 12.8 Å². The maximum absolute atomic E-state index is 9.21. The van der Waals surface area contributed by atoms with Gasteiger partial charge >= 0.3 is 0 Å². The van der Waals surface area contributed by atoms with Gasteiger partial charge in [-0.3, -0.25) is 4.40 Å². The number of imidazole rings is 1. The van der Waals surface area contributed by atoms with Crippen molar-refractivity contribution in [1.29, 1.82) is 5.26 Å². The van der Waals surface area contributed by atoms with Crippen molar-refractivity contribution in [1.82, 2.24) is 19.4 Å². The summed E-state index contributed by atoms with van der Waals surface area (Å²) in [5.41, 5.74) is 9.71. The topological polar surface area (TPSA) is 105 Å². The highest BCUT2D eigenvalue weighted by molar-refractivity contribution is 5.93. The van der Waals surface area contributed by atoms with E-state index < -0.39 is 0 Å². The summed E-state index contributed by atoms with van der Waals surface area (Å²) in [6.45, 7) is 0. The van der Waals surface area contributed by atoms with Crippen LogP contribution in [0.4, 0.5) is 5.82 Å². The molecule has 0 aliphatic heterocycles. The Morgan fingerprint density at radius 1 is 1.28 bits per heavy atom. The van der Waals surface area contributed by atoms with Crippen LogP contribution in [0.3, 0.4) is 0 Å². The molecule has 1 aliphatic rings. The van der Waals surface area contributed by atoms with Crippen LogP contribution in [-0.4, -0.2) is 26.5 Å². The summed E-state index contributed by atoms with van der Waals surface area (Å²) in [7, 11) is 1.67. The van der Waals surface area contributed by atoms with Gasteiger partial charge in [0.2, 0.25) is 0 Å². The van der Waals surface area contributed by atoms with Crippen molar-refractivity contribution >= 4 is 22.2 Å². The van der Waals surface area contributed by atoms with Crippen LogP contribution in [0, 0.1) is 17.2 Å². The second kappa shape index (κ2) is 6.82. The fraction of sp³-hybridized carbons (Fsp3) is 0.318. The third-order valence-corrected chi connectivity index (χ3v) is 5.98. The predicted molar refractivity (Wildman–Crippen MR) is 112 cm³/mol. The fourth-order valence-corrected chi connectivity index (χ4v) is 4.47. The van der Waals surface area contributed by atoms with Crippen LogP contribution in [0.2, 0.25) is 0 Å². The molecule has 0 atom stereocenters. The molecule has 3 aromatic heterocycles. The molecule has 1 aliphatic carbocycles. The minimum absolute atomic E-state index is 0.157. The molecule has 1 saturated carbocycles. The number of fused-ring (bicyclic) bond motifs is 2. The molecule has 4 aromatic rings. The van der Waals surface area contributed by atoms with Gasteiger partial charge < -0.3 is 15.5 Å². The average Bonchev–Trinajstić information content (AvgIpc) is 3.36. The molecule has 1 fully saturated rings. The molecular formula is C22H22N6O. The number of ether oxygens (including phenoxy) is 1. The first-order valence-electron chi connectivity index (χ1n) is 9.87. The molecule has 0 amide bonds. The van der Waals surface area contributed by atoms with E-state index in [-0.39, 0.29) is 5.92 Å². The second-order valence-corrected chi connectivity index (χ2v) is 7.63. The van der Waals surface area contributed by atoms with Crippen LogP contribution in [-0.2, 0) is 0 Å². The summed E-state index contributed by atoms with van der Waals surface area (Å²) in [6, 6.07) is 10.4. The Kier molecular flexibility index (Phi) is 4.13. The lowest BCUT2D eigenvalue weighted by molar-refractivity contribution is 0.371. The zero-order chi connectivity index (χ0) is 20.0. The van der Waals surface area contributed by atoms with Crippen molar-refractivity contribution in [3.05, 3.63) is 42.5 Å². The summed E-state index contributed by atoms with van der Waals surface area (Å²) in [6.07, 6.45) is 7.38. The Labute approximate surface area is 168 Å². The molecule has 0 radical (unpaired) electrons. The highest BCUT2D eigenvalue weighted by atomic mass is 16.5. The number of benzene rings is 1. The molecule has 3 N–H and O–H groups in total. The number of para-hydroxylation sites is 1. The summed E-state index contributed by atoms with van der Waals surface area (Å²) in [5.74, 6) is 2.70. The highest BCUT2D eigenvalue weighted by Gasteiger charge is 2.28. The van der Waals surface area contributed by atoms with Crippen molar-refractivity contribution in [3.63, 3.8) is 0 Å². The van der Waals surface area contributed by atoms with Gasteiger partial charge in [-0.2, -0.15) is 5.26 Å². The highest BCUT2D eigenvalue weighted by Crippen LogP contribution is 2.39. The van der Waals surface area contributed by atoms with Crippen LogP contribution in [0.5, 0.6) is 5.75 Å². The summed E-state index contributed by atoms with van der Waals surface area (Å²) in [4.78, 5) is 12.8. The third kappa shape index (κ3) is 2.80. The lowest BCUT2D eigenvalue weighted by Crippen LogP contribution is -2.14. The molecule has 7 nitrogen and oxygen atoms in total. The minimum Gasteiger partial charge on any atom is -0.495 e. The quantitative estimate of drug-likeness (QED) is 0.547. The van der Waals surface area contributed by atoms with E-state index in [2.05, 4.69) is 26.5 Å². The average molecular weight is 386 g/mol. The number of hydrogen-bond donors (Lipinski definition) is 2. The number of rotatable bonds is 3. The molecule has 5 rings (SSSR count). The summed E-state index contributed by atoms with van der Waals surface area (Å²) in [5, 5.41) is 10.3. The van der Waals surface area contributed by atoms with Crippen LogP contribution in [0.1, 0.15) is 37.4 Å². The number of nitrogen functional groups attached to an aromatic ring is 1. The maximum atomic E-state index is 9.21. The van der Waals surface area contributed by atoms with Gasteiger partial charge in [0.15, 0.2) is 0 Å². The smallest absolute Gasteiger partial charge is 0.150 e. The van der Waals surface area contributed by atoms with E-state index in [0.29, 0.717) is 11.7 Å². The van der Waals surface area contributed by atoms with Crippen LogP contribution in [0.25, 0.3) is 27.8 Å². The summed E-state index contributed by atoms with van der Waals surface area (Å²) < 4.78 is 7.56. The summed E-state index contributed by atoms with van der Waals surface area (Å²) >= 11 is 0. The number of aromatic amines is 1. The van der Waals surface area contributed by atoms with E-state index in [1.807, 2.05) is 24.4 Å². The van der Waals surface area contributed by atoms with Gasteiger partial charge in [-0.15, -0.1) is 0 Å². The first kappa shape index (κ1) is 17.6. The van der Waals surface area contributed by atoms with Gasteiger partial charge in [-0.05, 0) is 37.8 Å². The van der Waals surface area contributed by atoms with Gasteiger partial charge in [-0.1, -0.05) is 12.1 Å². The van der Waals surface area contributed by atoms with E-state index >= 15 is 0 Å². The SMILES string of the molecule is COc1cccc2cc(-c3nc(C4CCC(C#N)CC4)n4ccnc(N)c34)[nH]c12. The van der Waals surface area contributed by atoms with Gasteiger partial charge in [0, 0.05) is 29.6 Å². The van der Waals surface area contributed by atoms with Gasteiger partial charge in [0.1, 0.15) is 28.6 Å². The second-order valence-electron chi connectivity index (χ2n) is 7.63. The largest absolute Gasteiger partial charge is 0.495 e. The van der Waals surface area contributed by atoms with Gasteiger partial charge in [-0.25, -0.2) is 9.97 Å². The Morgan fingerprint density at radius 3 is 2.86 bits per heavy atom. The van der Waals surface area contributed by atoms with E-state index in [0.717, 1.165) is 65.1 Å². The zero-order valence-electron chi connectivity index (χ0n) is 16.2. The first-order valence-corrected chi connectivity index (χ1v) is 9.87. The van der Waals surface area contributed by atoms with E-state index in [9.17, 15) is 5.26 Å². The maximum Gasteiger partial charge on any atom is 0.150 e. The predicted octanol–water partition coefficient (Wildman–Crippen LogP) is 4.27. The number of aromatic nitrogens is 4. The van der Waals surface area contributed by atoms with E-state index in [1.165, 1.54) is 0 Å². The van der Waals surface area contributed by atoms with E-state index in [1.54, 1.807) is 13.3 Å². The van der Waals surface area contributed by atoms with E-state index in [4.69, 9.17) is 15.5 Å². The van der Waals surface area contributed by atoms with Crippen LogP contribution >= 0.6 is 0 Å². The Bertz CT molecular complexity index is 1240. The normalized spacial score (nSPS) is 19.4. The van der Waals surface area contributed by atoms with Crippen molar-refractivity contribution in [3.8, 4) is 23.2 Å². The molecule has 146 valence electrons. The number of methoxy groups -OCH3 is 1. The van der Waals surface area contributed by atoms with Crippen molar-refractivity contribution in [2.24, 2.45) is 5.92 Å². The molecule has 0 bridgehead atoms. The standard InChI is InChI=1S/C22H22N6O/c1-29-17-4-2-3-15-11-16(26-18(15)17)19-20-21(24)25-9-10-28(20)22(27-19)14-7-5-13(12-23)6-8-14/h2-4,9-11,13-14,26H,5-8H2,1H3,(H2,24,25). The fourth-order valence-electron chi connectivity index (χ4n) is 4.47. The molecule has 0 spiro atoms. The minimum atomic E-state index is 0.157. The number of nitrogens with two attached hydrogens (primary N) is 1. The number of anilines is 1. The van der Waals surface area contributed by atoms with Crippen LogP contribution < -0.4 is 10.5 Å². The molecular weight excluding hydrogens is 364 g/mol. The number of nitriles is 1. The third-order valence-electron chi connectivity index (χ3n) is 5.98. The first-order chi connectivity index (χ1) is 14.2. The Balaban J connectivity index is 1.66. The van der Waals surface area contributed by atoms with Crippen molar-refractivity contribution in [2.45, 2.75) is 31.6 Å². The molecule has 1 aromatic carbocycles. The molecule has 0 saturated heterocycles. The van der Waals surface area contributed by atoms with Gasteiger partial charge in [0.25, 0.3) is 0 Å². The molecule has 0 unspecified atom stereocenters. The molecule has 29 heavy (non-hydrogen) atoms. The zero-order valence-corrected chi connectivity index (χ0v) is 16.2. The Morgan fingerprint density at radius 2 is 2.10 bits per heavy atom. The number of nitrogens with zero attached hydrogens (tertiary/aromatic N) is 4. The number of nitrogens with one attached hydrogen (secondary N) is 1. The van der Waals surface area contributed by atoms with Crippen molar-refractivity contribution < 1.29 is 4.74 Å². The van der Waals surface area contributed by atoms with Gasteiger partial charge in [0.05, 0.1) is 24.4 Å². The Hall–Kier alpha value is -3.53. The van der Waals surface area contributed by atoms with Crippen LogP contribution in [0.15, 0.2) is 36.7 Å². The monoisotopic (exact) mass is 386 g/mol. The lowest BCUT2D eigenvalue weighted by atomic mass is 9.82. The molecule has 3 heterocycles. The number of H-pyrrole nitrogens is 1. The number of hydrogen-bond acceptors (Lipinski definition) is 5.